The molecule has 1 saturated carbocycles. The molecule has 150 valence electrons. The molecule has 1 fully saturated rings. The van der Waals surface area contributed by atoms with Crippen LogP contribution in [0.5, 0.6) is 5.88 Å². The molecule has 2 aliphatic carbocycles. The number of ether oxygens (including phenoxy) is 1. The molecular weight excluding hydrogens is 348 g/mol. The van der Waals surface area contributed by atoms with Gasteiger partial charge in [0, 0.05) is 12.1 Å². The Balaban J connectivity index is 1.60. The van der Waals surface area contributed by atoms with Crippen LogP contribution in [0.25, 0.3) is 0 Å². The van der Waals surface area contributed by atoms with Crippen molar-refractivity contribution in [2.24, 2.45) is 5.92 Å². The molecule has 0 bridgehead atoms. The van der Waals surface area contributed by atoms with Crippen LogP contribution in [-0.2, 0) is 19.4 Å². The maximum Gasteiger partial charge on any atom is 0.223 e. The van der Waals surface area contributed by atoms with Crippen molar-refractivity contribution < 1.29 is 9.53 Å². The number of nitrogens with zero attached hydrogens (tertiary/aromatic N) is 2. The first-order valence-electron chi connectivity index (χ1n) is 11.0. The molecule has 0 spiro atoms. The lowest BCUT2D eigenvalue weighted by atomic mass is 9.85. The number of hydrogen-bond acceptors (Lipinski definition) is 3. The van der Waals surface area contributed by atoms with E-state index in [0.29, 0.717) is 30.5 Å². The van der Waals surface area contributed by atoms with E-state index in [1.54, 1.807) is 6.20 Å². The van der Waals surface area contributed by atoms with Crippen molar-refractivity contribution in [3.05, 3.63) is 46.1 Å². The number of rotatable bonds is 6. The molecule has 0 saturated heterocycles. The van der Waals surface area contributed by atoms with E-state index < -0.39 is 0 Å². The van der Waals surface area contributed by atoms with Crippen LogP contribution in [0.1, 0.15) is 84.5 Å². The fourth-order valence-electron chi connectivity index (χ4n) is 4.86. The topological polar surface area (TPSA) is 44.1 Å². The van der Waals surface area contributed by atoms with Crippen LogP contribution in [0.3, 0.4) is 0 Å². The summed E-state index contributed by atoms with van der Waals surface area (Å²) in [5.41, 5.74) is 5.35. The maximum absolute atomic E-state index is 13.4. The van der Waals surface area contributed by atoms with Gasteiger partial charge in [-0.05, 0) is 75.0 Å². The Hall–Kier alpha value is -2.10. The Bertz CT molecular complexity index is 847. The van der Waals surface area contributed by atoms with Gasteiger partial charge in [0.2, 0.25) is 5.88 Å². The van der Waals surface area contributed by atoms with E-state index in [4.69, 9.17) is 4.74 Å². The average Bonchev–Trinajstić information content (AvgIpc) is 3.16. The first-order chi connectivity index (χ1) is 13.7. The molecule has 0 aliphatic heterocycles. The Labute approximate surface area is 168 Å². The van der Waals surface area contributed by atoms with E-state index in [9.17, 15) is 4.79 Å². The summed E-state index contributed by atoms with van der Waals surface area (Å²) in [5, 5.41) is 4.43. The van der Waals surface area contributed by atoms with Crippen LogP contribution in [0.4, 0.5) is 0 Å². The van der Waals surface area contributed by atoms with Crippen molar-refractivity contribution in [2.45, 2.75) is 78.2 Å². The molecule has 28 heavy (non-hydrogen) atoms. The molecule has 0 atom stereocenters. The summed E-state index contributed by atoms with van der Waals surface area (Å²) >= 11 is 0. The standard InChI is InChI=1S/C24H32N2O2/c1-3-26-24(28-16-18-9-5-4-6-10-18)22(15-25-26)23(27)21-14-13-19-11-7-8-12-20(19)17(21)2/h13-15,18H,3-12,16H2,1-2H3. The van der Waals surface area contributed by atoms with E-state index in [1.807, 2.05) is 17.7 Å². The van der Waals surface area contributed by atoms with Gasteiger partial charge < -0.3 is 4.74 Å². The quantitative estimate of drug-likeness (QED) is 0.640. The summed E-state index contributed by atoms with van der Waals surface area (Å²) in [4.78, 5) is 13.4. The van der Waals surface area contributed by atoms with E-state index in [2.05, 4.69) is 18.1 Å². The molecule has 0 unspecified atom stereocenters. The Morgan fingerprint density at radius 2 is 1.89 bits per heavy atom. The number of carbonyl (C=O) groups excluding carboxylic acids is 1. The molecule has 0 amide bonds. The van der Waals surface area contributed by atoms with E-state index in [1.165, 1.54) is 56.1 Å². The number of fused-ring (bicyclic) bond motifs is 1. The van der Waals surface area contributed by atoms with Gasteiger partial charge in [-0.25, -0.2) is 4.68 Å². The highest BCUT2D eigenvalue weighted by Gasteiger charge is 2.25. The molecule has 4 rings (SSSR count). The summed E-state index contributed by atoms with van der Waals surface area (Å²) in [6, 6.07) is 4.16. The second-order valence-corrected chi connectivity index (χ2v) is 8.41. The van der Waals surface area contributed by atoms with Gasteiger partial charge in [0.15, 0.2) is 5.78 Å². The van der Waals surface area contributed by atoms with E-state index >= 15 is 0 Å². The Morgan fingerprint density at radius 1 is 1.11 bits per heavy atom. The lowest BCUT2D eigenvalue weighted by molar-refractivity contribution is 0.103. The van der Waals surface area contributed by atoms with Gasteiger partial charge in [0.05, 0.1) is 12.8 Å². The van der Waals surface area contributed by atoms with Gasteiger partial charge in [-0.2, -0.15) is 5.10 Å². The smallest absolute Gasteiger partial charge is 0.223 e. The van der Waals surface area contributed by atoms with Gasteiger partial charge in [-0.1, -0.05) is 31.4 Å². The lowest BCUT2D eigenvalue weighted by Gasteiger charge is -2.22. The summed E-state index contributed by atoms with van der Waals surface area (Å²) in [6.45, 7) is 5.54. The fourth-order valence-corrected chi connectivity index (χ4v) is 4.86. The zero-order valence-electron chi connectivity index (χ0n) is 17.3. The lowest BCUT2D eigenvalue weighted by Crippen LogP contribution is -2.18. The van der Waals surface area contributed by atoms with Crippen LogP contribution in [-0.4, -0.2) is 22.2 Å². The number of hydrogen-bond donors (Lipinski definition) is 0. The molecule has 2 aromatic rings. The maximum atomic E-state index is 13.4. The van der Waals surface area contributed by atoms with Gasteiger partial charge in [0.25, 0.3) is 0 Å². The van der Waals surface area contributed by atoms with Gasteiger partial charge in [-0.3, -0.25) is 4.79 Å². The largest absolute Gasteiger partial charge is 0.477 e. The Morgan fingerprint density at radius 3 is 2.68 bits per heavy atom. The molecule has 0 N–H and O–H groups in total. The molecule has 1 heterocycles. The van der Waals surface area contributed by atoms with Crippen LogP contribution >= 0.6 is 0 Å². The van der Waals surface area contributed by atoms with Crippen molar-refractivity contribution >= 4 is 5.78 Å². The van der Waals surface area contributed by atoms with Gasteiger partial charge in [-0.15, -0.1) is 0 Å². The molecule has 1 aromatic heterocycles. The molecule has 0 radical (unpaired) electrons. The number of aromatic nitrogens is 2. The highest BCUT2D eigenvalue weighted by atomic mass is 16.5. The summed E-state index contributed by atoms with van der Waals surface area (Å²) in [6.07, 6.45) is 12.8. The fraction of sp³-hybridized carbons (Fsp3) is 0.583. The number of carbonyl (C=O) groups is 1. The molecule has 4 heteroatoms. The third-order valence-corrected chi connectivity index (χ3v) is 6.58. The highest BCUT2D eigenvalue weighted by Crippen LogP contribution is 2.31. The minimum Gasteiger partial charge on any atom is -0.477 e. The van der Waals surface area contributed by atoms with Crippen molar-refractivity contribution in [1.82, 2.24) is 9.78 Å². The van der Waals surface area contributed by atoms with Gasteiger partial charge in [0.1, 0.15) is 5.56 Å². The van der Waals surface area contributed by atoms with Crippen molar-refractivity contribution in [1.29, 1.82) is 0 Å². The monoisotopic (exact) mass is 380 g/mol. The first-order valence-corrected chi connectivity index (χ1v) is 11.0. The van der Waals surface area contributed by atoms with Crippen LogP contribution < -0.4 is 4.74 Å². The minimum absolute atomic E-state index is 0.0456. The van der Waals surface area contributed by atoms with Crippen molar-refractivity contribution in [2.75, 3.05) is 6.61 Å². The van der Waals surface area contributed by atoms with Crippen molar-refractivity contribution in [3.8, 4) is 5.88 Å². The molecule has 1 aromatic carbocycles. The second kappa shape index (κ2) is 8.50. The average molecular weight is 381 g/mol. The zero-order valence-corrected chi connectivity index (χ0v) is 17.3. The SMILES string of the molecule is CCn1ncc(C(=O)c2ccc3c(c2C)CCCC3)c1OCC1CCCCC1. The normalized spacial score (nSPS) is 17.4. The summed E-state index contributed by atoms with van der Waals surface area (Å²) < 4.78 is 8.04. The first kappa shape index (κ1) is 19.2. The summed E-state index contributed by atoms with van der Waals surface area (Å²) in [7, 11) is 0. The van der Waals surface area contributed by atoms with E-state index in [-0.39, 0.29) is 5.78 Å². The zero-order chi connectivity index (χ0) is 19.5. The minimum atomic E-state index is 0.0456. The highest BCUT2D eigenvalue weighted by molar-refractivity contribution is 6.11. The third kappa shape index (κ3) is 3.74. The van der Waals surface area contributed by atoms with Crippen LogP contribution in [0.2, 0.25) is 0 Å². The van der Waals surface area contributed by atoms with Crippen LogP contribution in [0, 0.1) is 12.8 Å². The summed E-state index contributed by atoms with van der Waals surface area (Å²) in [5.74, 6) is 1.29. The molecular formula is C24H32N2O2. The second-order valence-electron chi connectivity index (χ2n) is 8.41. The van der Waals surface area contributed by atoms with E-state index in [0.717, 1.165) is 24.0 Å². The predicted octanol–water partition coefficient (Wildman–Crippen LogP) is 5.28. The number of ketones is 1. The molecule has 4 nitrogen and oxygen atoms in total. The predicted molar refractivity (Wildman–Crippen MR) is 111 cm³/mol. The third-order valence-electron chi connectivity index (χ3n) is 6.58. The molecule has 2 aliphatic rings. The van der Waals surface area contributed by atoms with Crippen LogP contribution in [0.15, 0.2) is 18.3 Å². The van der Waals surface area contributed by atoms with Gasteiger partial charge >= 0.3 is 0 Å². The van der Waals surface area contributed by atoms with Crippen molar-refractivity contribution in [3.63, 3.8) is 0 Å². The number of benzene rings is 1. The Kier molecular flexibility index (Phi) is 5.84. The number of aryl methyl sites for hydroxylation is 2.